The number of rotatable bonds is 12. The number of para-hydroxylation sites is 1. The van der Waals surface area contributed by atoms with E-state index in [1.54, 1.807) is 6.07 Å². The summed E-state index contributed by atoms with van der Waals surface area (Å²) >= 11 is 3.68. The van der Waals surface area contributed by atoms with Crippen LogP contribution in [0.2, 0.25) is 0 Å². The van der Waals surface area contributed by atoms with Crippen LogP contribution in [0.3, 0.4) is 0 Å². The first-order valence-corrected chi connectivity index (χ1v) is 12.7. The Hall–Kier alpha value is -2.44. The van der Waals surface area contributed by atoms with Crippen LogP contribution < -0.4 is 10.1 Å². The summed E-state index contributed by atoms with van der Waals surface area (Å²) in [6.45, 7) is 11.6. The molecule has 0 aliphatic heterocycles. The smallest absolute Gasteiger partial charge is 0.252 e. The molecule has 1 heterocycles. The maximum atomic E-state index is 13.2. The van der Waals surface area contributed by atoms with E-state index < -0.39 is 0 Å². The first-order valence-electron chi connectivity index (χ1n) is 11.9. The lowest BCUT2D eigenvalue weighted by Crippen LogP contribution is -2.51. The molecule has 0 aliphatic carbocycles. The molecule has 0 aliphatic rings. The van der Waals surface area contributed by atoms with Crippen molar-refractivity contribution in [1.29, 1.82) is 0 Å². The van der Waals surface area contributed by atoms with Crippen LogP contribution in [0.25, 0.3) is 10.9 Å². The molecule has 1 N–H and O–H groups in total. The van der Waals surface area contributed by atoms with Crippen molar-refractivity contribution in [2.75, 3.05) is 32.8 Å². The second-order valence-corrected chi connectivity index (χ2v) is 9.28. The fourth-order valence-electron chi connectivity index (χ4n) is 4.07. The fraction of sp³-hybridized carbons (Fsp3) is 0.407. The Balaban J connectivity index is 1.73. The van der Waals surface area contributed by atoms with Gasteiger partial charge in [0.25, 0.3) is 5.91 Å². The van der Waals surface area contributed by atoms with Gasteiger partial charge in [-0.25, -0.2) is 4.98 Å². The van der Waals surface area contributed by atoms with Crippen LogP contribution in [0, 0.1) is 0 Å². The van der Waals surface area contributed by atoms with Crippen LogP contribution >= 0.6 is 15.9 Å². The number of halogens is 1. The Morgan fingerprint density at radius 1 is 1.06 bits per heavy atom. The monoisotopic (exact) mass is 512 g/mol. The number of aromatic nitrogens is 1. The molecule has 0 fully saturated rings. The minimum atomic E-state index is -0.0832. The van der Waals surface area contributed by atoms with Crippen molar-refractivity contribution >= 4 is 32.7 Å². The molecule has 176 valence electrons. The lowest BCUT2D eigenvalue weighted by molar-refractivity contribution is -0.936. The molecule has 5 nitrogen and oxygen atoms in total. The third-order valence-electron chi connectivity index (χ3n) is 6.36. The molecule has 0 saturated heterocycles. The van der Waals surface area contributed by atoms with Crippen LogP contribution in [0.15, 0.2) is 59.1 Å². The first kappa shape index (κ1) is 25.2. The summed E-state index contributed by atoms with van der Waals surface area (Å²) in [6, 6.07) is 17.9. The Bertz CT molecular complexity index is 1070. The van der Waals surface area contributed by atoms with Crippen molar-refractivity contribution in [2.45, 2.75) is 40.2 Å². The number of unbranched alkanes of at least 4 members (excludes halogenated alkanes) is 1. The highest BCUT2D eigenvalue weighted by molar-refractivity contribution is 9.10. The number of amides is 1. The number of ether oxygens (including phenoxy) is 1. The normalized spacial score (nSPS) is 11.5. The molecule has 0 bridgehead atoms. The standard InChI is InChI=1S/C27H34BrN3O2/c1-4-7-18-33-26-19-23(22-13-9-11-15-25(22)30-26)27(32)29-16-17-31(5-2,6-3)20-21-12-8-10-14-24(21)28/h8-15,19H,4-7,16-18,20H2,1-3H3/p+1. The summed E-state index contributed by atoms with van der Waals surface area (Å²) < 4.78 is 7.86. The van der Waals surface area contributed by atoms with E-state index >= 15 is 0 Å². The number of pyridine rings is 1. The van der Waals surface area contributed by atoms with Gasteiger partial charge < -0.3 is 14.5 Å². The van der Waals surface area contributed by atoms with Crippen molar-refractivity contribution in [1.82, 2.24) is 10.3 Å². The van der Waals surface area contributed by atoms with Gasteiger partial charge in [0.15, 0.2) is 0 Å². The van der Waals surface area contributed by atoms with Crippen LogP contribution in [-0.2, 0) is 6.54 Å². The minimum absolute atomic E-state index is 0.0832. The van der Waals surface area contributed by atoms with E-state index in [1.807, 2.05) is 30.3 Å². The largest absolute Gasteiger partial charge is 0.478 e. The highest BCUT2D eigenvalue weighted by atomic mass is 79.9. The van der Waals surface area contributed by atoms with E-state index in [9.17, 15) is 4.79 Å². The number of benzene rings is 2. The number of carbonyl (C=O) groups excluding carboxylic acids is 1. The summed E-state index contributed by atoms with van der Waals surface area (Å²) in [6.07, 6.45) is 2.01. The van der Waals surface area contributed by atoms with Crippen molar-refractivity contribution < 1.29 is 14.0 Å². The van der Waals surface area contributed by atoms with Gasteiger partial charge >= 0.3 is 0 Å². The molecule has 0 unspecified atom stereocenters. The van der Waals surface area contributed by atoms with Crippen LogP contribution in [-0.4, -0.2) is 48.2 Å². The third kappa shape index (κ3) is 6.55. The van der Waals surface area contributed by atoms with E-state index in [0.29, 0.717) is 24.6 Å². The predicted octanol–water partition coefficient (Wildman–Crippen LogP) is 5.96. The van der Waals surface area contributed by atoms with Crippen LogP contribution in [0.5, 0.6) is 5.88 Å². The molecular weight excluding hydrogens is 478 g/mol. The number of carbonyl (C=O) groups is 1. The highest BCUT2D eigenvalue weighted by Gasteiger charge is 2.25. The highest BCUT2D eigenvalue weighted by Crippen LogP contribution is 2.23. The van der Waals surface area contributed by atoms with Crippen molar-refractivity contribution in [2.24, 2.45) is 0 Å². The van der Waals surface area contributed by atoms with Crippen molar-refractivity contribution in [3.05, 3.63) is 70.2 Å². The van der Waals surface area contributed by atoms with Gasteiger partial charge in [-0.05, 0) is 32.4 Å². The van der Waals surface area contributed by atoms with E-state index in [2.05, 4.69) is 65.2 Å². The summed E-state index contributed by atoms with van der Waals surface area (Å²) in [5, 5.41) is 4.01. The number of likely N-dealkylation sites (N-methyl/N-ethyl adjacent to an activating group) is 1. The molecule has 0 atom stereocenters. The zero-order chi connectivity index (χ0) is 23.7. The number of nitrogens with zero attached hydrogens (tertiary/aromatic N) is 2. The van der Waals surface area contributed by atoms with Crippen LogP contribution in [0.4, 0.5) is 0 Å². The number of fused-ring (bicyclic) bond motifs is 1. The van der Waals surface area contributed by atoms with Gasteiger partial charge in [-0.2, -0.15) is 0 Å². The summed E-state index contributed by atoms with van der Waals surface area (Å²) in [4.78, 5) is 17.8. The Morgan fingerprint density at radius 3 is 2.52 bits per heavy atom. The average Bonchev–Trinajstić information content (AvgIpc) is 2.84. The van der Waals surface area contributed by atoms with E-state index in [-0.39, 0.29) is 5.91 Å². The number of quaternary nitrogens is 1. The Kier molecular flexibility index (Phi) is 9.27. The topological polar surface area (TPSA) is 51.2 Å². The molecule has 1 amide bonds. The molecular formula is C27H35BrN3O2+. The molecule has 6 heteroatoms. The third-order valence-corrected chi connectivity index (χ3v) is 7.14. The molecule has 3 aromatic rings. The molecule has 1 aromatic heterocycles. The Morgan fingerprint density at radius 2 is 1.79 bits per heavy atom. The summed E-state index contributed by atoms with van der Waals surface area (Å²) in [7, 11) is 0. The van der Waals surface area contributed by atoms with Gasteiger partial charge in [0.1, 0.15) is 6.54 Å². The van der Waals surface area contributed by atoms with E-state index in [1.165, 1.54) is 5.56 Å². The minimum Gasteiger partial charge on any atom is -0.478 e. The maximum Gasteiger partial charge on any atom is 0.252 e. The maximum absolute atomic E-state index is 13.2. The lowest BCUT2D eigenvalue weighted by atomic mass is 10.1. The van der Waals surface area contributed by atoms with Gasteiger partial charge in [0, 0.05) is 21.5 Å². The van der Waals surface area contributed by atoms with E-state index in [4.69, 9.17) is 4.74 Å². The van der Waals surface area contributed by atoms with Gasteiger partial charge in [0.05, 0.1) is 43.9 Å². The van der Waals surface area contributed by atoms with Crippen molar-refractivity contribution in [3.8, 4) is 5.88 Å². The summed E-state index contributed by atoms with van der Waals surface area (Å²) in [5.74, 6) is 0.425. The number of nitrogens with one attached hydrogen (secondary N) is 1. The second kappa shape index (κ2) is 12.1. The summed E-state index contributed by atoms with van der Waals surface area (Å²) in [5.41, 5.74) is 2.68. The first-order chi connectivity index (χ1) is 16.0. The number of hydrogen-bond donors (Lipinski definition) is 1. The molecule has 0 spiro atoms. The SMILES string of the molecule is CCCCOc1cc(C(=O)NCC[N+](CC)(CC)Cc2ccccc2Br)c2ccccc2n1. The predicted molar refractivity (Wildman–Crippen MR) is 139 cm³/mol. The molecule has 0 radical (unpaired) electrons. The van der Waals surface area contributed by atoms with Crippen LogP contribution in [0.1, 0.15) is 49.5 Å². The van der Waals surface area contributed by atoms with Crippen molar-refractivity contribution in [3.63, 3.8) is 0 Å². The zero-order valence-corrected chi connectivity index (χ0v) is 21.5. The number of hydrogen-bond acceptors (Lipinski definition) is 3. The Labute approximate surface area is 205 Å². The molecule has 0 saturated carbocycles. The van der Waals surface area contributed by atoms with Gasteiger partial charge in [0.2, 0.25) is 5.88 Å². The quantitative estimate of drug-likeness (QED) is 0.240. The van der Waals surface area contributed by atoms with Gasteiger partial charge in [-0.1, -0.05) is 65.7 Å². The van der Waals surface area contributed by atoms with E-state index in [0.717, 1.165) is 58.9 Å². The average molecular weight is 514 g/mol. The van der Waals surface area contributed by atoms with Gasteiger partial charge in [-0.3, -0.25) is 4.79 Å². The zero-order valence-electron chi connectivity index (χ0n) is 19.9. The molecule has 2 aromatic carbocycles. The van der Waals surface area contributed by atoms with Gasteiger partial charge in [-0.15, -0.1) is 0 Å². The lowest BCUT2D eigenvalue weighted by Gasteiger charge is -2.37. The molecule has 3 rings (SSSR count). The second-order valence-electron chi connectivity index (χ2n) is 8.43. The molecule has 33 heavy (non-hydrogen) atoms. The fourth-order valence-corrected chi connectivity index (χ4v) is 4.48.